The topological polar surface area (TPSA) is 89.7 Å². The molecule has 1 saturated heterocycles. The normalized spacial score (nSPS) is 20.2. The Labute approximate surface area is 124 Å². The van der Waals surface area contributed by atoms with E-state index in [0.29, 0.717) is 18.7 Å². The van der Waals surface area contributed by atoms with Gasteiger partial charge in [0.05, 0.1) is 12.0 Å². The molecule has 116 valence electrons. The first kappa shape index (κ1) is 15.8. The Hall–Kier alpha value is -1.60. The minimum atomic E-state index is -3.76. The van der Waals surface area contributed by atoms with E-state index in [1.54, 1.807) is 19.1 Å². The maximum absolute atomic E-state index is 12.8. The van der Waals surface area contributed by atoms with E-state index < -0.39 is 22.0 Å². The van der Waals surface area contributed by atoms with E-state index in [9.17, 15) is 13.2 Å². The average Bonchev–Trinajstić information content (AvgIpc) is 2.45. The number of nitrogens with zero attached hydrogens (tertiary/aromatic N) is 1. The zero-order chi connectivity index (χ0) is 15.6. The van der Waals surface area contributed by atoms with Gasteiger partial charge in [-0.15, -0.1) is 0 Å². The summed E-state index contributed by atoms with van der Waals surface area (Å²) in [7, 11) is -2.49. The Kier molecular flexibility index (Phi) is 4.53. The van der Waals surface area contributed by atoms with Crippen molar-refractivity contribution < 1.29 is 17.9 Å². The van der Waals surface area contributed by atoms with Crippen LogP contribution in [0.25, 0.3) is 0 Å². The molecule has 1 atom stereocenters. The molecule has 7 heteroatoms. The maximum Gasteiger partial charge on any atom is 0.324 e. The Balaban J connectivity index is 2.42. The molecule has 1 unspecified atom stereocenters. The van der Waals surface area contributed by atoms with E-state index in [4.69, 9.17) is 10.5 Å². The number of nitrogens with two attached hydrogens (primary N) is 1. The number of hydrogen-bond acceptors (Lipinski definition) is 5. The second kappa shape index (κ2) is 6.03. The van der Waals surface area contributed by atoms with Crippen LogP contribution in [-0.4, -0.2) is 38.4 Å². The van der Waals surface area contributed by atoms with Gasteiger partial charge < -0.3 is 10.5 Å². The van der Waals surface area contributed by atoms with Gasteiger partial charge in [-0.1, -0.05) is 0 Å². The Morgan fingerprint density at radius 1 is 1.33 bits per heavy atom. The van der Waals surface area contributed by atoms with Crippen molar-refractivity contribution in [2.24, 2.45) is 0 Å². The van der Waals surface area contributed by atoms with Gasteiger partial charge in [-0.05, 0) is 49.9 Å². The van der Waals surface area contributed by atoms with E-state index in [1.165, 1.54) is 17.5 Å². The number of benzene rings is 1. The number of aryl methyl sites for hydroxylation is 1. The third-order valence-corrected chi connectivity index (χ3v) is 5.49. The molecule has 0 radical (unpaired) electrons. The van der Waals surface area contributed by atoms with Gasteiger partial charge in [-0.2, -0.15) is 4.31 Å². The summed E-state index contributed by atoms with van der Waals surface area (Å²) in [6.07, 6.45) is 2.02. The van der Waals surface area contributed by atoms with Crippen LogP contribution < -0.4 is 5.73 Å². The molecule has 0 bridgehead atoms. The SMILES string of the molecule is COC(=O)C1CCCCN1S(=O)(=O)c1cc(C)cc(N)c1. The summed E-state index contributed by atoms with van der Waals surface area (Å²) >= 11 is 0. The van der Waals surface area contributed by atoms with Crippen molar-refractivity contribution in [2.75, 3.05) is 19.4 Å². The smallest absolute Gasteiger partial charge is 0.324 e. The molecule has 0 amide bonds. The van der Waals surface area contributed by atoms with Gasteiger partial charge in [-0.25, -0.2) is 8.42 Å². The van der Waals surface area contributed by atoms with Gasteiger partial charge in [0.2, 0.25) is 10.0 Å². The quantitative estimate of drug-likeness (QED) is 0.671. The van der Waals surface area contributed by atoms with E-state index >= 15 is 0 Å². The molecule has 1 heterocycles. The standard InChI is InChI=1S/C14H20N2O4S/c1-10-7-11(15)9-12(8-10)21(18,19)16-6-4-3-5-13(16)14(17)20-2/h7-9,13H,3-6,15H2,1-2H3. The van der Waals surface area contributed by atoms with Crippen molar-refractivity contribution in [3.8, 4) is 0 Å². The fourth-order valence-corrected chi connectivity index (χ4v) is 4.41. The number of hydrogen-bond donors (Lipinski definition) is 1. The first-order chi connectivity index (χ1) is 9.86. The number of sulfonamides is 1. The van der Waals surface area contributed by atoms with Gasteiger partial charge in [0, 0.05) is 12.2 Å². The van der Waals surface area contributed by atoms with Crippen LogP contribution >= 0.6 is 0 Å². The second-order valence-electron chi connectivity index (χ2n) is 5.23. The lowest BCUT2D eigenvalue weighted by Gasteiger charge is -2.32. The first-order valence-corrected chi connectivity index (χ1v) is 8.27. The molecular formula is C14H20N2O4S. The number of carbonyl (C=O) groups excluding carboxylic acids is 1. The predicted molar refractivity (Wildman–Crippen MR) is 79.1 cm³/mol. The summed E-state index contributed by atoms with van der Waals surface area (Å²) in [5.41, 5.74) is 6.88. The number of piperidine rings is 1. The molecule has 1 aliphatic rings. The molecule has 1 aromatic rings. The molecule has 2 rings (SSSR count). The van der Waals surface area contributed by atoms with E-state index in [0.717, 1.165) is 18.4 Å². The molecule has 1 aliphatic heterocycles. The van der Waals surface area contributed by atoms with Gasteiger partial charge in [0.25, 0.3) is 0 Å². The van der Waals surface area contributed by atoms with Crippen molar-refractivity contribution in [1.29, 1.82) is 0 Å². The van der Waals surface area contributed by atoms with Gasteiger partial charge in [0.15, 0.2) is 0 Å². The minimum absolute atomic E-state index is 0.121. The van der Waals surface area contributed by atoms with Crippen molar-refractivity contribution in [3.05, 3.63) is 23.8 Å². The number of ether oxygens (including phenoxy) is 1. The molecule has 0 aliphatic carbocycles. The molecule has 21 heavy (non-hydrogen) atoms. The van der Waals surface area contributed by atoms with Crippen molar-refractivity contribution in [3.63, 3.8) is 0 Å². The third kappa shape index (κ3) is 3.19. The fourth-order valence-electron chi connectivity index (χ4n) is 2.63. The number of nitrogen functional groups attached to an aromatic ring is 1. The number of rotatable bonds is 3. The lowest BCUT2D eigenvalue weighted by molar-refractivity contribution is -0.146. The number of anilines is 1. The Morgan fingerprint density at radius 3 is 2.67 bits per heavy atom. The zero-order valence-corrected chi connectivity index (χ0v) is 13.0. The van der Waals surface area contributed by atoms with Gasteiger partial charge >= 0.3 is 5.97 Å². The first-order valence-electron chi connectivity index (χ1n) is 6.83. The average molecular weight is 312 g/mol. The summed E-state index contributed by atoms with van der Waals surface area (Å²) in [6.45, 7) is 2.10. The van der Waals surface area contributed by atoms with Crippen molar-refractivity contribution in [2.45, 2.75) is 37.1 Å². The molecule has 0 saturated carbocycles. The summed E-state index contributed by atoms with van der Waals surface area (Å²) in [5.74, 6) is -0.515. The third-order valence-electron chi connectivity index (χ3n) is 3.61. The van der Waals surface area contributed by atoms with Crippen molar-refractivity contribution >= 4 is 21.7 Å². The van der Waals surface area contributed by atoms with Crippen LogP contribution in [0.2, 0.25) is 0 Å². The molecule has 0 aromatic heterocycles. The molecule has 0 spiro atoms. The molecule has 1 fully saturated rings. The molecule has 2 N–H and O–H groups in total. The van der Waals surface area contributed by atoms with Crippen LogP contribution in [0.4, 0.5) is 5.69 Å². The highest BCUT2D eigenvalue weighted by Gasteiger charge is 2.38. The fraction of sp³-hybridized carbons (Fsp3) is 0.500. The highest BCUT2D eigenvalue weighted by atomic mass is 32.2. The monoisotopic (exact) mass is 312 g/mol. The van der Waals surface area contributed by atoms with Crippen LogP contribution in [0.1, 0.15) is 24.8 Å². The van der Waals surface area contributed by atoms with Crippen LogP contribution in [0.3, 0.4) is 0 Å². The number of methoxy groups -OCH3 is 1. The number of esters is 1. The summed E-state index contributed by atoms with van der Waals surface area (Å²) in [4.78, 5) is 12.0. The highest BCUT2D eigenvalue weighted by Crippen LogP contribution is 2.27. The minimum Gasteiger partial charge on any atom is -0.468 e. The highest BCUT2D eigenvalue weighted by molar-refractivity contribution is 7.89. The molecule has 6 nitrogen and oxygen atoms in total. The lowest BCUT2D eigenvalue weighted by atomic mass is 10.1. The van der Waals surface area contributed by atoms with Crippen LogP contribution in [0.15, 0.2) is 23.1 Å². The van der Waals surface area contributed by atoms with Gasteiger partial charge in [-0.3, -0.25) is 4.79 Å². The Bertz CT molecular complexity index is 622. The van der Waals surface area contributed by atoms with E-state index in [-0.39, 0.29) is 4.90 Å². The lowest BCUT2D eigenvalue weighted by Crippen LogP contribution is -2.48. The van der Waals surface area contributed by atoms with Crippen molar-refractivity contribution in [1.82, 2.24) is 4.31 Å². The molecule has 1 aromatic carbocycles. The van der Waals surface area contributed by atoms with E-state index in [2.05, 4.69) is 0 Å². The van der Waals surface area contributed by atoms with E-state index in [1.807, 2.05) is 0 Å². The summed E-state index contributed by atoms with van der Waals surface area (Å²) < 4.78 is 31.5. The molecular weight excluding hydrogens is 292 g/mol. The zero-order valence-electron chi connectivity index (χ0n) is 12.2. The summed E-state index contributed by atoms with van der Waals surface area (Å²) in [5, 5.41) is 0. The predicted octanol–water partition coefficient (Wildman–Crippen LogP) is 1.29. The summed E-state index contributed by atoms with van der Waals surface area (Å²) in [6, 6.07) is 3.93. The largest absolute Gasteiger partial charge is 0.468 e. The maximum atomic E-state index is 12.8. The van der Waals surface area contributed by atoms with Crippen LogP contribution in [0.5, 0.6) is 0 Å². The van der Waals surface area contributed by atoms with Crippen LogP contribution in [-0.2, 0) is 19.6 Å². The second-order valence-corrected chi connectivity index (χ2v) is 7.12. The van der Waals surface area contributed by atoms with Gasteiger partial charge in [0.1, 0.15) is 6.04 Å². The van der Waals surface area contributed by atoms with Crippen LogP contribution in [0, 0.1) is 6.92 Å². The Morgan fingerprint density at radius 2 is 2.05 bits per heavy atom. The number of carbonyl (C=O) groups is 1.